The Morgan fingerprint density at radius 2 is 1.89 bits per heavy atom. The van der Waals surface area contributed by atoms with Crippen molar-refractivity contribution in [2.45, 2.75) is 99.0 Å². The highest BCUT2D eigenvalue weighted by molar-refractivity contribution is 6.01. The lowest BCUT2D eigenvalue weighted by molar-refractivity contribution is -0.148. The number of carbonyl (C=O) groups excluding carboxylic acids is 3. The van der Waals surface area contributed by atoms with E-state index in [1.165, 1.54) is 30.9 Å². The zero-order valence-electron chi connectivity index (χ0n) is 23.1. The molecular formula is C31H45NO4. The molecule has 1 N–H and O–H groups in total. The Morgan fingerprint density at radius 1 is 1.14 bits per heavy atom. The maximum atomic E-state index is 13.4. The van der Waals surface area contributed by atoms with Crippen LogP contribution in [0.1, 0.15) is 92.9 Å². The van der Waals surface area contributed by atoms with Gasteiger partial charge >= 0.3 is 5.97 Å². The molecule has 3 fully saturated rings. The number of allylic oxidation sites excluding steroid dienone is 3. The van der Waals surface area contributed by atoms with Gasteiger partial charge in [0.05, 0.1) is 0 Å². The Labute approximate surface area is 216 Å². The molecule has 5 aliphatic carbocycles. The monoisotopic (exact) mass is 495 g/mol. The Hall–Kier alpha value is -1.91. The third-order valence-electron chi connectivity index (χ3n) is 11.2. The second-order valence-electron chi connectivity index (χ2n) is 13.4. The summed E-state index contributed by atoms with van der Waals surface area (Å²) in [7, 11) is 0. The van der Waals surface area contributed by atoms with Crippen LogP contribution in [0.3, 0.4) is 0 Å². The van der Waals surface area contributed by atoms with E-state index in [-0.39, 0.29) is 40.6 Å². The van der Waals surface area contributed by atoms with Gasteiger partial charge in [-0.15, -0.1) is 0 Å². The average molecular weight is 496 g/mol. The molecular weight excluding hydrogens is 450 g/mol. The zero-order chi connectivity index (χ0) is 26.0. The molecule has 0 aromatic carbocycles. The summed E-state index contributed by atoms with van der Waals surface area (Å²) < 4.78 is 5.61. The van der Waals surface area contributed by atoms with Crippen molar-refractivity contribution >= 4 is 17.7 Å². The Balaban J connectivity index is 1.40. The van der Waals surface area contributed by atoms with Gasteiger partial charge in [-0.25, -0.2) is 0 Å². The minimum Gasteiger partial charge on any atom is -0.462 e. The predicted molar refractivity (Wildman–Crippen MR) is 140 cm³/mol. The van der Waals surface area contributed by atoms with E-state index in [2.05, 4.69) is 39.1 Å². The molecule has 5 rings (SSSR count). The molecule has 198 valence electrons. The summed E-state index contributed by atoms with van der Waals surface area (Å²) in [5.41, 5.74) is 4.50. The summed E-state index contributed by atoms with van der Waals surface area (Å²) in [5.74, 6) is 2.91. The van der Waals surface area contributed by atoms with Gasteiger partial charge in [-0.05, 0) is 90.9 Å². The largest absolute Gasteiger partial charge is 0.462 e. The highest BCUT2D eigenvalue weighted by Crippen LogP contribution is 2.70. The van der Waals surface area contributed by atoms with Gasteiger partial charge in [0.25, 0.3) is 0 Å². The first-order valence-corrected chi connectivity index (χ1v) is 14.3. The van der Waals surface area contributed by atoms with Crippen LogP contribution in [-0.2, 0) is 19.1 Å². The first-order valence-electron chi connectivity index (χ1n) is 14.3. The molecule has 5 aliphatic rings. The maximum Gasteiger partial charge on any atom is 0.302 e. The summed E-state index contributed by atoms with van der Waals surface area (Å²) in [5, 5.41) is 2.94. The van der Waals surface area contributed by atoms with Crippen molar-refractivity contribution in [2.24, 2.45) is 46.3 Å². The zero-order valence-corrected chi connectivity index (χ0v) is 23.1. The summed E-state index contributed by atoms with van der Waals surface area (Å²) >= 11 is 0. The van der Waals surface area contributed by atoms with Crippen molar-refractivity contribution in [3.8, 4) is 0 Å². The normalized spacial score (nSPS) is 42.1. The van der Waals surface area contributed by atoms with Gasteiger partial charge in [0.2, 0.25) is 5.91 Å². The standard InChI is InChI=1S/C31H45NO4/c1-17(16-32-19(3)33)13-25-24-15-27-23-8-7-21-14-22(36-20(4)34)9-11-30(21,5)26(23)10-12-31(27,6)28(24)18(2)29(25)35/h7,17-18,22-23,26-28H,8-16H2,1-6H3,(H,32,33)/t17-,18+,22-,23-,26+,27+,28+,30-,31-/m0/s1. The van der Waals surface area contributed by atoms with Gasteiger partial charge < -0.3 is 10.1 Å². The Kier molecular flexibility index (Phi) is 6.53. The number of ketones is 1. The van der Waals surface area contributed by atoms with Gasteiger partial charge in [0.1, 0.15) is 6.10 Å². The van der Waals surface area contributed by atoms with Crippen molar-refractivity contribution in [2.75, 3.05) is 6.54 Å². The van der Waals surface area contributed by atoms with Gasteiger partial charge in [-0.1, -0.05) is 44.9 Å². The van der Waals surface area contributed by atoms with Crippen LogP contribution >= 0.6 is 0 Å². The van der Waals surface area contributed by atoms with Crippen LogP contribution < -0.4 is 5.32 Å². The fourth-order valence-electron chi connectivity index (χ4n) is 9.58. The van der Waals surface area contributed by atoms with Crippen molar-refractivity contribution in [1.82, 2.24) is 5.32 Å². The molecule has 5 heteroatoms. The molecule has 36 heavy (non-hydrogen) atoms. The molecule has 0 bridgehead atoms. The number of nitrogens with one attached hydrogen (secondary N) is 1. The number of Topliss-reactive ketones (excluding diaryl/α,β-unsaturated/α-hetero) is 1. The molecule has 0 unspecified atom stereocenters. The highest BCUT2D eigenvalue weighted by Gasteiger charge is 2.63. The summed E-state index contributed by atoms with van der Waals surface area (Å²) in [6.07, 6.45) is 11.0. The average Bonchev–Trinajstić information content (AvgIpc) is 3.24. The molecule has 0 aromatic rings. The molecule has 0 aliphatic heterocycles. The van der Waals surface area contributed by atoms with Gasteiger partial charge in [-0.3, -0.25) is 14.4 Å². The minimum atomic E-state index is -0.164. The fraction of sp³-hybridized carbons (Fsp3) is 0.774. The first-order chi connectivity index (χ1) is 17.0. The van der Waals surface area contributed by atoms with E-state index in [0.717, 1.165) is 44.1 Å². The van der Waals surface area contributed by atoms with Crippen LogP contribution in [-0.4, -0.2) is 30.3 Å². The number of esters is 1. The van der Waals surface area contributed by atoms with E-state index in [1.807, 2.05) is 0 Å². The molecule has 0 spiro atoms. The van der Waals surface area contributed by atoms with Crippen molar-refractivity contribution in [1.29, 1.82) is 0 Å². The summed E-state index contributed by atoms with van der Waals surface area (Å²) in [6, 6.07) is 0. The van der Waals surface area contributed by atoms with Crippen LogP contribution in [0.5, 0.6) is 0 Å². The van der Waals surface area contributed by atoms with Crippen LogP contribution in [0, 0.1) is 46.3 Å². The van der Waals surface area contributed by atoms with Crippen LogP contribution in [0.2, 0.25) is 0 Å². The molecule has 0 radical (unpaired) electrons. The third-order valence-corrected chi connectivity index (χ3v) is 11.2. The van der Waals surface area contributed by atoms with Crippen LogP contribution in [0.15, 0.2) is 22.8 Å². The number of carbonyl (C=O) groups is 3. The van der Waals surface area contributed by atoms with E-state index < -0.39 is 0 Å². The van der Waals surface area contributed by atoms with Crippen molar-refractivity contribution in [3.05, 3.63) is 22.8 Å². The number of rotatable bonds is 5. The van der Waals surface area contributed by atoms with E-state index in [4.69, 9.17) is 4.74 Å². The number of ether oxygens (including phenoxy) is 1. The second kappa shape index (κ2) is 9.13. The topological polar surface area (TPSA) is 72.5 Å². The first kappa shape index (κ1) is 25.7. The maximum absolute atomic E-state index is 13.4. The van der Waals surface area contributed by atoms with Gasteiger partial charge in [0.15, 0.2) is 5.78 Å². The van der Waals surface area contributed by atoms with Gasteiger partial charge in [-0.2, -0.15) is 0 Å². The molecule has 0 saturated heterocycles. The highest BCUT2D eigenvalue weighted by atomic mass is 16.5. The predicted octanol–water partition coefficient (Wildman–Crippen LogP) is 5.78. The second-order valence-corrected chi connectivity index (χ2v) is 13.4. The lowest BCUT2D eigenvalue weighted by Gasteiger charge is -2.58. The lowest BCUT2D eigenvalue weighted by Crippen LogP contribution is -2.51. The van der Waals surface area contributed by atoms with Crippen molar-refractivity contribution in [3.63, 3.8) is 0 Å². The quantitative estimate of drug-likeness (QED) is 0.387. The van der Waals surface area contributed by atoms with Gasteiger partial charge in [0, 0.05) is 32.7 Å². The molecule has 1 amide bonds. The summed E-state index contributed by atoms with van der Waals surface area (Å²) in [6.45, 7) is 13.0. The third kappa shape index (κ3) is 4.00. The Morgan fingerprint density at radius 3 is 2.58 bits per heavy atom. The van der Waals surface area contributed by atoms with E-state index in [9.17, 15) is 14.4 Å². The van der Waals surface area contributed by atoms with E-state index in [0.29, 0.717) is 36.0 Å². The lowest BCUT2D eigenvalue weighted by atomic mass is 9.47. The molecule has 5 nitrogen and oxygen atoms in total. The number of fused-ring (bicyclic) bond motifs is 7. The molecule has 9 atom stereocenters. The van der Waals surface area contributed by atoms with E-state index >= 15 is 0 Å². The number of hydrogen-bond donors (Lipinski definition) is 1. The fourth-order valence-corrected chi connectivity index (χ4v) is 9.58. The van der Waals surface area contributed by atoms with E-state index in [1.54, 1.807) is 6.92 Å². The molecule has 3 saturated carbocycles. The molecule has 0 aromatic heterocycles. The summed E-state index contributed by atoms with van der Waals surface area (Å²) in [4.78, 5) is 36.4. The smallest absolute Gasteiger partial charge is 0.302 e. The van der Waals surface area contributed by atoms with Crippen molar-refractivity contribution < 1.29 is 19.1 Å². The molecule has 0 heterocycles. The SMILES string of the molecule is CC(=O)NC[C@@H](C)CC1=C2C[C@@H]3[C@H]4CC=C5C[C@@H](OC(C)=O)CC[C@]5(C)[C@@H]4CC[C@]3(C)[C@@H]2[C@@H](C)C1=O. The number of hydrogen-bond acceptors (Lipinski definition) is 4. The van der Waals surface area contributed by atoms with Crippen LogP contribution in [0.4, 0.5) is 0 Å². The van der Waals surface area contributed by atoms with Crippen LogP contribution in [0.25, 0.3) is 0 Å². The minimum absolute atomic E-state index is 0.00552. The number of amides is 1. The Bertz CT molecular complexity index is 1030.